The summed E-state index contributed by atoms with van der Waals surface area (Å²) in [5.74, 6) is 1.20. The molecule has 1 fully saturated rings. The molecule has 0 bridgehead atoms. The summed E-state index contributed by atoms with van der Waals surface area (Å²) in [5, 5.41) is 5.36. The van der Waals surface area contributed by atoms with E-state index in [0.717, 1.165) is 25.7 Å². The molecule has 2 N–H and O–H groups in total. The first-order valence-electron chi connectivity index (χ1n) is 9.60. The van der Waals surface area contributed by atoms with E-state index in [9.17, 15) is 9.59 Å². The summed E-state index contributed by atoms with van der Waals surface area (Å²) in [6, 6.07) is 10.2. The highest BCUT2D eigenvalue weighted by molar-refractivity contribution is 5.99. The molecule has 0 saturated heterocycles. The van der Waals surface area contributed by atoms with Gasteiger partial charge in [0.05, 0.1) is 6.54 Å². The molecule has 1 aliphatic carbocycles. The van der Waals surface area contributed by atoms with Gasteiger partial charge < -0.3 is 29.6 Å². The summed E-state index contributed by atoms with van der Waals surface area (Å²) in [6.45, 7) is -0.0227. The SMILES string of the molecule is O=C(CNC(=O)c1ccc2c(c1)OCO2)Nc1ccc2c(c1)OC1(CCCC1)O2. The molecule has 0 aromatic heterocycles. The number of ether oxygens (including phenoxy) is 4. The van der Waals surface area contributed by atoms with Gasteiger partial charge in [0.25, 0.3) is 11.7 Å². The third kappa shape index (κ3) is 3.41. The quantitative estimate of drug-likeness (QED) is 0.825. The Morgan fingerprint density at radius 3 is 2.52 bits per heavy atom. The van der Waals surface area contributed by atoms with Gasteiger partial charge in [-0.25, -0.2) is 0 Å². The maximum atomic E-state index is 12.3. The summed E-state index contributed by atoms with van der Waals surface area (Å²) in [6.07, 6.45) is 3.91. The highest BCUT2D eigenvalue weighted by Gasteiger charge is 2.44. The number of fused-ring (bicyclic) bond motifs is 2. The van der Waals surface area contributed by atoms with E-state index in [2.05, 4.69) is 10.6 Å². The van der Waals surface area contributed by atoms with Gasteiger partial charge in [0.1, 0.15) is 0 Å². The van der Waals surface area contributed by atoms with Gasteiger partial charge in [-0.2, -0.15) is 0 Å². The van der Waals surface area contributed by atoms with E-state index in [-0.39, 0.29) is 25.2 Å². The van der Waals surface area contributed by atoms with E-state index < -0.39 is 5.79 Å². The minimum atomic E-state index is -0.538. The molecule has 2 aromatic rings. The topological polar surface area (TPSA) is 95.1 Å². The molecular formula is C21H20N2O6. The lowest BCUT2D eigenvalue weighted by Gasteiger charge is -2.21. The van der Waals surface area contributed by atoms with Crippen LogP contribution in [0.3, 0.4) is 0 Å². The van der Waals surface area contributed by atoms with Crippen LogP contribution in [0.4, 0.5) is 5.69 Å². The van der Waals surface area contributed by atoms with E-state index in [0.29, 0.717) is 34.2 Å². The van der Waals surface area contributed by atoms with Gasteiger partial charge in [0.15, 0.2) is 23.0 Å². The summed E-state index contributed by atoms with van der Waals surface area (Å²) < 4.78 is 22.5. The lowest BCUT2D eigenvalue weighted by molar-refractivity contribution is -0.115. The number of hydrogen-bond acceptors (Lipinski definition) is 6. The average molecular weight is 396 g/mol. The average Bonchev–Trinajstić information content (AvgIpc) is 3.45. The first-order chi connectivity index (χ1) is 14.1. The molecule has 5 rings (SSSR count). The lowest BCUT2D eigenvalue weighted by Crippen LogP contribution is -2.34. The third-order valence-corrected chi connectivity index (χ3v) is 5.23. The maximum Gasteiger partial charge on any atom is 0.251 e. The molecule has 1 saturated carbocycles. The first kappa shape index (κ1) is 17.7. The second-order valence-electron chi connectivity index (χ2n) is 7.28. The number of carbonyl (C=O) groups excluding carboxylic acids is 2. The molecule has 8 nitrogen and oxygen atoms in total. The summed E-state index contributed by atoms with van der Waals surface area (Å²) in [7, 11) is 0. The van der Waals surface area contributed by atoms with Gasteiger partial charge in [-0.05, 0) is 43.2 Å². The van der Waals surface area contributed by atoms with Crippen molar-refractivity contribution >= 4 is 17.5 Å². The van der Waals surface area contributed by atoms with Gasteiger partial charge in [-0.3, -0.25) is 9.59 Å². The van der Waals surface area contributed by atoms with Gasteiger partial charge in [0.2, 0.25) is 12.7 Å². The normalized spacial score (nSPS) is 17.4. The van der Waals surface area contributed by atoms with Crippen molar-refractivity contribution in [2.45, 2.75) is 31.5 Å². The Kier molecular flexibility index (Phi) is 4.19. The molecule has 8 heteroatoms. The van der Waals surface area contributed by atoms with Crippen LogP contribution in [0.5, 0.6) is 23.0 Å². The number of benzene rings is 2. The van der Waals surface area contributed by atoms with Crippen LogP contribution in [0.25, 0.3) is 0 Å². The van der Waals surface area contributed by atoms with Crippen molar-refractivity contribution in [2.24, 2.45) is 0 Å². The highest BCUT2D eigenvalue weighted by atomic mass is 16.7. The lowest BCUT2D eigenvalue weighted by atomic mass is 10.2. The van der Waals surface area contributed by atoms with Crippen molar-refractivity contribution < 1.29 is 28.5 Å². The van der Waals surface area contributed by atoms with E-state index in [1.165, 1.54) is 0 Å². The van der Waals surface area contributed by atoms with Crippen molar-refractivity contribution in [1.82, 2.24) is 5.32 Å². The Morgan fingerprint density at radius 2 is 1.66 bits per heavy atom. The Balaban J connectivity index is 1.17. The van der Waals surface area contributed by atoms with Crippen molar-refractivity contribution in [3.05, 3.63) is 42.0 Å². The minimum Gasteiger partial charge on any atom is -0.454 e. The fourth-order valence-electron chi connectivity index (χ4n) is 3.79. The Bertz CT molecular complexity index is 983. The molecule has 0 radical (unpaired) electrons. The van der Waals surface area contributed by atoms with E-state index in [4.69, 9.17) is 18.9 Å². The van der Waals surface area contributed by atoms with Crippen molar-refractivity contribution in [1.29, 1.82) is 0 Å². The molecule has 2 aromatic carbocycles. The number of rotatable bonds is 4. The summed E-state index contributed by atoms with van der Waals surface area (Å²) >= 11 is 0. The first-order valence-corrected chi connectivity index (χ1v) is 9.60. The van der Waals surface area contributed by atoms with E-state index >= 15 is 0 Å². The standard InChI is InChI=1S/C21H20N2O6/c24-19(11-22-20(25)13-3-5-15-17(9-13)27-12-26-15)23-14-4-6-16-18(10-14)29-21(28-16)7-1-2-8-21/h3-6,9-10H,1-2,7-8,11-12H2,(H,22,25)(H,23,24). The van der Waals surface area contributed by atoms with Crippen LogP contribution in [0, 0.1) is 0 Å². The zero-order valence-electron chi connectivity index (χ0n) is 15.7. The Morgan fingerprint density at radius 1 is 0.897 bits per heavy atom. The Hall–Kier alpha value is -3.42. The number of amides is 2. The zero-order valence-corrected chi connectivity index (χ0v) is 15.7. The molecule has 150 valence electrons. The number of anilines is 1. The monoisotopic (exact) mass is 396 g/mol. The fourth-order valence-corrected chi connectivity index (χ4v) is 3.79. The van der Waals surface area contributed by atoms with Gasteiger partial charge in [-0.1, -0.05) is 0 Å². The molecular weight excluding hydrogens is 376 g/mol. The molecule has 0 atom stereocenters. The molecule has 29 heavy (non-hydrogen) atoms. The van der Waals surface area contributed by atoms with Crippen molar-refractivity contribution in [2.75, 3.05) is 18.7 Å². The third-order valence-electron chi connectivity index (χ3n) is 5.23. The second kappa shape index (κ2) is 6.88. The molecule has 1 spiro atoms. The van der Waals surface area contributed by atoms with Gasteiger partial charge in [-0.15, -0.1) is 0 Å². The number of hydrogen-bond donors (Lipinski definition) is 2. The molecule has 2 amide bonds. The smallest absolute Gasteiger partial charge is 0.251 e. The van der Waals surface area contributed by atoms with Crippen LogP contribution in [0.15, 0.2) is 36.4 Å². The zero-order chi connectivity index (χ0) is 19.8. The highest BCUT2D eigenvalue weighted by Crippen LogP contribution is 2.47. The molecule has 2 heterocycles. The largest absolute Gasteiger partial charge is 0.454 e. The fraction of sp³-hybridized carbons (Fsp3) is 0.333. The second-order valence-corrected chi connectivity index (χ2v) is 7.28. The van der Waals surface area contributed by atoms with Crippen LogP contribution in [-0.4, -0.2) is 30.9 Å². The van der Waals surface area contributed by atoms with E-state index in [1.54, 1.807) is 36.4 Å². The van der Waals surface area contributed by atoms with Crippen molar-refractivity contribution in [3.63, 3.8) is 0 Å². The van der Waals surface area contributed by atoms with Crippen LogP contribution in [0.2, 0.25) is 0 Å². The molecule has 0 unspecified atom stereocenters. The predicted molar refractivity (Wildman–Crippen MR) is 102 cm³/mol. The van der Waals surface area contributed by atoms with Crippen LogP contribution >= 0.6 is 0 Å². The minimum absolute atomic E-state index is 0.138. The van der Waals surface area contributed by atoms with Gasteiger partial charge in [0, 0.05) is 30.2 Å². The molecule has 2 aliphatic heterocycles. The van der Waals surface area contributed by atoms with Gasteiger partial charge >= 0.3 is 0 Å². The predicted octanol–water partition coefficient (Wildman–Crippen LogP) is 2.83. The van der Waals surface area contributed by atoms with Crippen molar-refractivity contribution in [3.8, 4) is 23.0 Å². The number of carbonyl (C=O) groups is 2. The summed E-state index contributed by atoms with van der Waals surface area (Å²) in [4.78, 5) is 24.5. The Labute approximate surface area is 167 Å². The van der Waals surface area contributed by atoms with Crippen LogP contribution in [-0.2, 0) is 4.79 Å². The molecule has 3 aliphatic rings. The number of nitrogens with one attached hydrogen (secondary N) is 2. The van der Waals surface area contributed by atoms with Crippen LogP contribution in [0.1, 0.15) is 36.0 Å². The summed E-state index contributed by atoms with van der Waals surface area (Å²) in [5.41, 5.74) is 0.983. The maximum absolute atomic E-state index is 12.3. The van der Waals surface area contributed by atoms with Crippen LogP contribution < -0.4 is 29.6 Å². The van der Waals surface area contributed by atoms with E-state index in [1.807, 2.05) is 0 Å².